The van der Waals surface area contributed by atoms with Crippen molar-refractivity contribution >= 4 is 31.3 Å². The molecule has 0 aliphatic heterocycles. The molecule has 1 N–H and O–H groups in total. The van der Waals surface area contributed by atoms with Gasteiger partial charge < -0.3 is 14.6 Å². The smallest absolute Gasteiger partial charge is 0.277 e. The number of halogens is 1. The van der Waals surface area contributed by atoms with E-state index >= 15 is 0 Å². The lowest BCUT2D eigenvalue weighted by molar-refractivity contribution is 0.101. The van der Waals surface area contributed by atoms with Crippen LogP contribution in [0, 0.1) is 0 Å². The number of nitrogens with one attached hydrogen (secondary N) is 1. The summed E-state index contributed by atoms with van der Waals surface area (Å²) in [4.78, 5) is 11.7. The molecule has 1 aromatic heterocycles. The normalized spacial score (nSPS) is 11.1. The van der Waals surface area contributed by atoms with Crippen LogP contribution in [0.25, 0.3) is 0 Å². The fraction of sp³-hybridized carbons (Fsp3) is 0.0909. The van der Waals surface area contributed by atoms with Crippen molar-refractivity contribution in [2.24, 2.45) is 0 Å². The summed E-state index contributed by atoms with van der Waals surface area (Å²) in [5, 5.41) is 5.93. The van der Waals surface area contributed by atoms with E-state index in [0.717, 1.165) is 0 Å². The lowest BCUT2D eigenvalue weighted by Crippen LogP contribution is -2.13. The molecular weight excluding hydrogens is 308 g/mol. The highest BCUT2D eigenvalue weighted by atomic mass is 35.7. The predicted molar refractivity (Wildman–Crippen MR) is 70.5 cm³/mol. The topological polar surface area (TPSA) is 98.5 Å². The summed E-state index contributed by atoms with van der Waals surface area (Å²) in [6, 6.07) is 5.21. The van der Waals surface area contributed by atoms with E-state index in [1.54, 1.807) is 0 Å². The molecule has 2 aromatic rings. The van der Waals surface area contributed by atoms with Crippen molar-refractivity contribution < 1.29 is 22.5 Å². The monoisotopic (exact) mass is 316 g/mol. The van der Waals surface area contributed by atoms with Gasteiger partial charge in [0.2, 0.25) is 0 Å². The molecule has 0 unspecified atom stereocenters. The van der Waals surface area contributed by atoms with Gasteiger partial charge in [0, 0.05) is 16.7 Å². The van der Waals surface area contributed by atoms with Gasteiger partial charge in [0.25, 0.3) is 15.0 Å². The second-order valence-electron chi connectivity index (χ2n) is 3.64. The van der Waals surface area contributed by atoms with Gasteiger partial charge in [-0.3, -0.25) is 4.79 Å². The van der Waals surface area contributed by atoms with Crippen LogP contribution in [0.15, 0.2) is 39.9 Å². The number of aromatic nitrogens is 1. The molecule has 106 valence electrons. The minimum atomic E-state index is -3.91. The Morgan fingerprint density at radius 3 is 2.70 bits per heavy atom. The van der Waals surface area contributed by atoms with Crippen LogP contribution >= 0.6 is 10.7 Å². The number of methoxy groups -OCH3 is 1. The van der Waals surface area contributed by atoms with Crippen molar-refractivity contribution in [3.8, 4) is 5.75 Å². The van der Waals surface area contributed by atoms with Crippen LogP contribution in [0.5, 0.6) is 5.75 Å². The van der Waals surface area contributed by atoms with Crippen LogP contribution in [0.3, 0.4) is 0 Å². The number of carbonyl (C=O) groups is 1. The molecule has 1 heterocycles. The summed E-state index contributed by atoms with van der Waals surface area (Å²) in [6.07, 6.45) is 1.24. The van der Waals surface area contributed by atoms with E-state index < -0.39 is 15.0 Å². The maximum atomic E-state index is 11.8. The average molecular weight is 317 g/mol. The molecular formula is C11H9ClN2O5S. The van der Waals surface area contributed by atoms with Crippen molar-refractivity contribution in [2.75, 3.05) is 12.4 Å². The molecule has 9 heteroatoms. The van der Waals surface area contributed by atoms with Crippen molar-refractivity contribution in [1.29, 1.82) is 0 Å². The summed E-state index contributed by atoms with van der Waals surface area (Å²) in [7, 11) is 2.73. The molecule has 2 rings (SSSR count). The van der Waals surface area contributed by atoms with Crippen LogP contribution in [-0.4, -0.2) is 26.6 Å². The zero-order valence-electron chi connectivity index (χ0n) is 10.2. The average Bonchev–Trinajstić information content (AvgIpc) is 2.91. The van der Waals surface area contributed by atoms with Crippen LogP contribution in [0.2, 0.25) is 0 Å². The number of carbonyl (C=O) groups excluding carboxylic acids is 1. The second kappa shape index (κ2) is 5.51. The van der Waals surface area contributed by atoms with Crippen LogP contribution in [0.4, 0.5) is 5.69 Å². The van der Waals surface area contributed by atoms with E-state index in [1.807, 2.05) is 0 Å². The Bertz CT molecular complexity index is 727. The Hall–Kier alpha value is -2.06. The number of anilines is 1. The first-order valence-electron chi connectivity index (χ1n) is 5.26. The molecule has 0 atom stereocenters. The Morgan fingerprint density at radius 1 is 1.40 bits per heavy atom. The predicted octanol–water partition coefficient (Wildman–Crippen LogP) is 1.86. The number of benzene rings is 1. The highest BCUT2D eigenvalue weighted by molar-refractivity contribution is 8.13. The van der Waals surface area contributed by atoms with E-state index in [-0.39, 0.29) is 22.0 Å². The maximum absolute atomic E-state index is 11.8. The van der Waals surface area contributed by atoms with E-state index in [0.29, 0.717) is 0 Å². The summed E-state index contributed by atoms with van der Waals surface area (Å²) in [5.41, 5.74) is 0.202. The molecule has 0 radical (unpaired) electrons. The highest BCUT2D eigenvalue weighted by Gasteiger charge is 2.16. The lowest BCUT2D eigenvalue weighted by atomic mass is 10.2. The maximum Gasteiger partial charge on any atom is 0.277 e. The van der Waals surface area contributed by atoms with E-state index in [4.69, 9.17) is 15.4 Å². The number of hydrogen-bond acceptors (Lipinski definition) is 6. The minimum Gasteiger partial charge on any atom is -0.495 e. The minimum absolute atomic E-state index is 0.0474. The molecule has 1 amide bonds. The molecule has 7 nitrogen and oxygen atoms in total. The summed E-state index contributed by atoms with van der Waals surface area (Å²) >= 11 is 0. The Kier molecular flexibility index (Phi) is 3.96. The molecule has 20 heavy (non-hydrogen) atoms. The van der Waals surface area contributed by atoms with Gasteiger partial charge in [0.1, 0.15) is 12.0 Å². The summed E-state index contributed by atoms with van der Waals surface area (Å²) in [5.74, 6) is -0.285. The Labute approximate surface area is 118 Å². The third-order valence-electron chi connectivity index (χ3n) is 2.37. The van der Waals surface area contributed by atoms with Crippen molar-refractivity contribution in [2.45, 2.75) is 4.90 Å². The fourth-order valence-corrected chi connectivity index (χ4v) is 2.23. The first-order chi connectivity index (χ1) is 9.41. The van der Waals surface area contributed by atoms with Crippen LogP contribution in [0.1, 0.15) is 10.5 Å². The van der Waals surface area contributed by atoms with Crippen LogP contribution < -0.4 is 10.1 Å². The number of rotatable bonds is 4. The van der Waals surface area contributed by atoms with Gasteiger partial charge in [-0.25, -0.2) is 8.42 Å². The number of nitrogens with zero attached hydrogens (tertiary/aromatic N) is 1. The first kappa shape index (κ1) is 14.4. The van der Waals surface area contributed by atoms with Crippen LogP contribution in [-0.2, 0) is 9.05 Å². The van der Waals surface area contributed by atoms with Gasteiger partial charge in [-0.15, -0.1) is 0 Å². The van der Waals surface area contributed by atoms with E-state index in [9.17, 15) is 13.2 Å². The molecule has 0 aliphatic carbocycles. The number of ether oxygens (including phenoxy) is 1. The second-order valence-corrected chi connectivity index (χ2v) is 6.20. The number of amides is 1. The Morgan fingerprint density at radius 2 is 2.15 bits per heavy atom. The zero-order valence-corrected chi connectivity index (χ0v) is 11.7. The molecule has 0 bridgehead atoms. The van der Waals surface area contributed by atoms with E-state index in [2.05, 4.69) is 15.0 Å². The standard InChI is InChI=1S/C11H9ClN2O5S/c1-18-10-3-2-7(20(12,16)17)6-9(10)13-11(15)8-4-5-19-14-8/h2-6H,1H3,(H,13,15). The van der Waals surface area contributed by atoms with E-state index in [1.165, 1.54) is 37.6 Å². The van der Waals surface area contributed by atoms with Gasteiger partial charge in [-0.1, -0.05) is 5.16 Å². The fourth-order valence-electron chi connectivity index (χ4n) is 1.45. The van der Waals surface area contributed by atoms with Gasteiger partial charge in [-0.05, 0) is 18.2 Å². The molecule has 0 saturated carbocycles. The Balaban J connectivity index is 2.37. The first-order valence-corrected chi connectivity index (χ1v) is 7.57. The van der Waals surface area contributed by atoms with Crippen molar-refractivity contribution in [3.63, 3.8) is 0 Å². The SMILES string of the molecule is COc1ccc(S(=O)(=O)Cl)cc1NC(=O)c1ccon1. The zero-order chi connectivity index (χ0) is 14.8. The molecule has 0 fully saturated rings. The molecule has 0 saturated heterocycles. The van der Waals surface area contributed by atoms with Gasteiger partial charge in [-0.2, -0.15) is 0 Å². The molecule has 0 aliphatic rings. The quantitative estimate of drug-likeness (QED) is 0.864. The highest BCUT2D eigenvalue weighted by Crippen LogP contribution is 2.29. The largest absolute Gasteiger partial charge is 0.495 e. The van der Waals surface area contributed by atoms with Gasteiger partial charge >= 0.3 is 0 Å². The third kappa shape index (κ3) is 3.09. The number of hydrogen-bond donors (Lipinski definition) is 1. The summed E-state index contributed by atoms with van der Waals surface area (Å²) < 4.78 is 32.2. The third-order valence-corrected chi connectivity index (χ3v) is 3.72. The van der Waals surface area contributed by atoms with Gasteiger partial charge in [0.15, 0.2) is 5.69 Å². The van der Waals surface area contributed by atoms with Crippen molar-refractivity contribution in [3.05, 3.63) is 36.2 Å². The van der Waals surface area contributed by atoms with Gasteiger partial charge in [0.05, 0.1) is 17.7 Å². The lowest BCUT2D eigenvalue weighted by Gasteiger charge is -2.10. The summed E-state index contributed by atoms with van der Waals surface area (Å²) in [6.45, 7) is 0. The van der Waals surface area contributed by atoms with Crippen molar-refractivity contribution in [1.82, 2.24) is 5.16 Å². The molecule has 0 spiro atoms. The molecule has 1 aromatic carbocycles.